The Labute approximate surface area is 651 Å². The molecule has 10 rings (SSSR count). The van der Waals surface area contributed by atoms with Crippen LogP contribution in [0.2, 0.25) is 0 Å². The number of aliphatic hydroxyl groups is 1. The van der Waals surface area contributed by atoms with Crippen LogP contribution in [-0.2, 0) is 105 Å². The fourth-order valence-electron chi connectivity index (χ4n) is 13.0. The lowest BCUT2D eigenvalue weighted by Crippen LogP contribution is -2.53. The number of imidazole rings is 1. The number of carbonyl (C=O) groups is 6. The lowest BCUT2D eigenvalue weighted by molar-refractivity contribution is -0.132. The Morgan fingerprint density at radius 3 is 2.23 bits per heavy atom. The third-order valence-electron chi connectivity index (χ3n) is 18.8. The van der Waals surface area contributed by atoms with Crippen LogP contribution in [0.4, 0.5) is 21.2 Å². The first-order valence-electron chi connectivity index (χ1n) is 36.6. The zero-order valence-corrected chi connectivity index (χ0v) is 65.4. The van der Waals surface area contributed by atoms with Gasteiger partial charge in [0.25, 0.3) is 11.5 Å². The molecule has 0 spiro atoms. The van der Waals surface area contributed by atoms with Crippen molar-refractivity contribution < 1.29 is 109 Å². The minimum atomic E-state index is -4.41. The van der Waals surface area contributed by atoms with Gasteiger partial charge < -0.3 is 97.1 Å². The molecule has 14 atom stereocenters. The summed E-state index contributed by atoms with van der Waals surface area (Å²) in [5.74, 6) is 4.62. The molecule has 0 radical (unpaired) electrons. The first kappa shape index (κ1) is 85.8. The molecule has 4 fully saturated rings. The third-order valence-corrected chi connectivity index (χ3v) is 22.0. The molecule has 606 valence electrons. The van der Waals surface area contributed by atoms with Gasteiger partial charge in [0.1, 0.15) is 49.4 Å². The monoisotopic (exact) mass is 1630 g/mol. The molecule has 2 saturated carbocycles. The number of aromatic nitrogens is 6. The number of methoxy groups -OCH3 is 1. The van der Waals surface area contributed by atoms with E-state index in [2.05, 4.69) is 75.6 Å². The number of ether oxygens (including phenoxy) is 10. The summed E-state index contributed by atoms with van der Waals surface area (Å²) >= 11 is 9.68. The number of nitrogens with one attached hydrogen (secondary N) is 6. The fraction of sp³-hybridized carbons (Fsp3) is 0.592. The molecule has 5 aliphatic rings. The SMILES string of the molecule is COCCOCCOCCOCCN(Cc1ccccc1C(=O)Nc1nc2c(ncn2[C@@H]2O[C@@H]3COP(O)(=S)O[C@H]4C[C@H](Oc5ccncn5)C[C@@H]4COP(=O)(S)O[C@@H]2[C@@H]3O)c(=O)[nH]1)C(=O)OCc1ccc(NC(=O)[C@H](C)NC(=O)[C@@H](NC(=O)CCOCCOCCNC(=O)OCC2[C@H]3CCC#CCC[C@@H]23)C(C)C)cc1. The van der Waals surface area contributed by atoms with Crippen molar-refractivity contribution >= 4 is 96.2 Å². The van der Waals surface area contributed by atoms with Gasteiger partial charge in [-0.25, -0.2) is 29.1 Å². The highest BCUT2D eigenvalue weighted by Gasteiger charge is 2.52. The number of anilines is 2. The number of H-pyrrole nitrogens is 1. The van der Waals surface area contributed by atoms with E-state index in [0.29, 0.717) is 67.6 Å². The minimum absolute atomic E-state index is 0.0135. The van der Waals surface area contributed by atoms with Gasteiger partial charge in [-0.3, -0.25) is 43.4 Å². The molecule has 5 heterocycles. The van der Waals surface area contributed by atoms with Gasteiger partial charge in [-0.05, 0) is 91.0 Å². The largest absolute Gasteiger partial charge is 0.474 e. The van der Waals surface area contributed by atoms with Crippen LogP contribution in [0.25, 0.3) is 11.2 Å². The van der Waals surface area contributed by atoms with Gasteiger partial charge in [0.15, 0.2) is 17.4 Å². The summed E-state index contributed by atoms with van der Waals surface area (Å²) in [5, 5.41) is 25.2. The van der Waals surface area contributed by atoms with Crippen molar-refractivity contribution in [3.63, 3.8) is 0 Å². The highest BCUT2D eigenvalue weighted by atomic mass is 32.7. The van der Waals surface area contributed by atoms with E-state index in [1.54, 1.807) is 69.5 Å². The maximum Gasteiger partial charge on any atom is 0.410 e. The standard InChI is InChI=1S/C71H96N12O24P2S2/c1-44(2)59(78-57(84)20-24-95-29-30-96-25-22-73-70(90)100-40-54-52-13-7-5-6-8-14-53(52)54)66(88)76-45(3)64(86)77-49-17-15-46(16-18-49)38-101-71(91)82(23-26-97-31-32-99-34-33-98-28-27-94-4)37-47-11-9-10-12-51(47)65(87)80-69-79-63-60(67(89)81-69)75-43-83(63)68-62-61(85)56(105-68)41-103-108(92,110)106-55-36-50(104-58-19-21-72-42-74-58)35-48(55)39-102-109(93,111)107-62/h9-12,15-19,21,42-45,48,50,52-56,59,61-62,68,85H,7-8,13-14,20,22-41H2,1-4H3,(H,73,90)(H,76,88)(H,77,86)(H,78,84)(H,92,110)(H,93,111)(H2,79,80,81,87,89)/t45-,48+,50+,52-,53+,54?,55-,56+,59-,61+,62+,68+,108?,109?/m0/s1. The molecule has 2 aliphatic heterocycles. The van der Waals surface area contributed by atoms with Crippen LogP contribution in [0, 0.1) is 41.4 Å². The number of aromatic amines is 1. The van der Waals surface area contributed by atoms with E-state index in [9.17, 15) is 48.1 Å². The molecular formula is C71H96N12O24P2S2. The Kier molecular flexibility index (Phi) is 32.8. The topological polar surface area (TPSA) is 442 Å². The summed E-state index contributed by atoms with van der Waals surface area (Å²) in [5.41, 5.74) is 0.0191. The number of nitrogens with zero attached hydrogens (tertiary/aromatic N) is 6. The molecule has 36 nitrogen and oxygen atoms in total. The predicted octanol–water partition coefficient (Wildman–Crippen LogP) is 5.36. The van der Waals surface area contributed by atoms with Gasteiger partial charge in [0, 0.05) is 81.9 Å². The van der Waals surface area contributed by atoms with E-state index in [4.69, 9.17) is 77.3 Å². The van der Waals surface area contributed by atoms with E-state index >= 15 is 0 Å². The minimum Gasteiger partial charge on any atom is -0.474 e. The van der Waals surface area contributed by atoms with Crippen LogP contribution in [0.5, 0.6) is 5.88 Å². The van der Waals surface area contributed by atoms with Crippen LogP contribution < -0.4 is 36.9 Å². The summed E-state index contributed by atoms with van der Waals surface area (Å²) < 4.78 is 95.3. The first-order chi connectivity index (χ1) is 53.5. The second kappa shape index (κ2) is 42.5. The van der Waals surface area contributed by atoms with Crippen molar-refractivity contribution in [2.24, 2.45) is 29.6 Å². The maximum absolute atomic E-state index is 14.4. The third kappa shape index (κ3) is 26.2. The number of hydrogen-bond donors (Lipinski definition) is 9. The first-order valence-corrected chi connectivity index (χ1v) is 41.9. The smallest absolute Gasteiger partial charge is 0.410 e. The summed E-state index contributed by atoms with van der Waals surface area (Å²) in [6.45, 7) is -1.46. The number of hydrogen-bond acceptors (Lipinski definition) is 28. The molecular weight excluding hydrogens is 1530 g/mol. The summed E-state index contributed by atoms with van der Waals surface area (Å²) in [6, 6.07) is 12.4. The maximum atomic E-state index is 14.4. The predicted molar refractivity (Wildman–Crippen MR) is 403 cm³/mol. The van der Waals surface area contributed by atoms with Gasteiger partial charge in [-0.2, -0.15) is 4.98 Å². The quantitative estimate of drug-likeness (QED) is 0.0104. The van der Waals surface area contributed by atoms with E-state index in [1.165, 1.54) is 35.0 Å². The molecule has 111 heavy (non-hydrogen) atoms. The molecule has 2 aromatic carbocycles. The van der Waals surface area contributed by atoms with Gasteiger partial charge >= 0.3 is 25.7 Å². The number of carbonyl (C=O) groups excluding carboxylic acids is 6. The molecule has 2 bridgehead atoms. The highest BCUT2D eigenvalue weighted by Crippen LogP contribution is 2.59. The number of benzene rings is 2. The fourth-order valence-corrected chi connectivity index (χ4v) is 16.0. The van der Waals surface area contributed by atoms with Crippen molar-refractivity contribution in [3.05, 3.63) is 100 Å². The van der Waals surface area contributed by atoms with Crippen molar-refractivity contribution in [3.8, 4) is 17.7 Å². The Hall–Kier alpha value is -7.64. The van der Waals surface area contributed by atoms with Gasteiger partial charge in [0.05, 0.1) is 105 Å². The van der Waals surface area contributed by atoms with Gasteiger partial charge in [-0.1, -0.05) is 56.4 Å². The second-order valence-electron chi connectivity index (χ2n) is 27.1. The average molecular weight is 1630 g/mol. The van der Waals surface area contributed by atoms with Crippen LogP contribution in [0.1, 0.15) is 93.4 Å². The Morgan fingerprint density at radius 2 is 1.51 bits per heavy atom. The van der Waals surface area contributed by atoms with Crippen LogP contribution in [-0.4, -0.2) is 236 Å². The van der Waals surface area contributed by atoms with Crippen LogP contribution >= 0.6 is 25.8 Å². The van der Waals surface area contributed by atoms with Gasteiger partial charge in [0.2, 0.25) is 29.5 Å². The van der Waals surface area contributed by atoms with Crippen molar-refractivity contribution in [2.45, 2.75) is 128 Å². The molecule has 3 unspecified atom stereocenters. The van der Waals surface area contributed by atoms with Crippen molar-refractivity contribution in [2.75, 3.05) is 123 Å². The highest BCUT2D eigenvalue weighted by molar-refractivity contribution is 8.44. The van der Waals surface area contributed by atoms with E-state index < -0.39 is 116 Å². The average Bonchev–Trinajstić information content (AvgIpc) is 1.62. The summed E-state index contributed by atoms with van der Waals surface area (Å²) in [7, 11) is 1.57. The molecule has 40 heteroatoms. The number of alkyl carbamates (subject to hydrolysis) is 1. The summed E-state index contributed by atoms with van der Waals surface area (Å²) in [4.78, 5) is 126. The number of rotatable bonds is 38. The Morgan fingerprint density at radius 1 is 0.811 bits per heavy atom. The summed E-state index contributed by atoms with van der Waals surface area (Å²) in [6.07, 6.45) is -0.289. The van der Waals surface area contributed by atoms with E-state index in [-0.39, 0.29) is 133 Å². The lowest BCUT2D eigenvalue weighted by atomic mass is 10.0. The number of fused-ring (bicyclic) bond motifs is 5. The van der Waals surface area contributed by atoms with Crippen LogP contribution in [0.15, 0.2) is 78.2 Å². The molecule has 5 aromatic rings. The number of thiol groups is 1. The van der Waals surface area contributed by atoms with Crippen LogP contribution in [0.3, 0.4) is 0 Å². The number of amides is 6. The normalized spacial score (nSPS) is 24.8. The van der Waals surface area contributed by atoms with Crippen molar-refractivity contribution in [1.82, 2.24) is 50.3 Å². The van der Waals surface area contributed by atoms with Crippen molar-refractivity contribution in [1.29, 1.82) is 0 Å². The van der Waals surface area contributed by atoms with E-state index in [0.717, 1.165) is 32.0 Å². The molecule has 3 aromatic heterocycles. The number of aliphatic hydroxyl groups excluding tert-OH is 1. The molecule has 8 N–H and O–H groups in total. The molecule has 6 amide bonds. The Balaban J connectivity index is 0.703. The second-order valence-corrected chi connectivity index (χ2v) is 32.8. The zero-order valence-electron chi connectivity index (χ0n) is 61.9. The lowest BCUT2D eigenvalue weighted by Gasteiger charge is -2.27. The Bertz CT molecular complexity index is 4130. The van der Waals surface area contributed by atoms with Gasteiger partial charge in [-0.15, -0.1) is 11.8 Å². The van der Waals surface area contributed by atoms with E-state index in [1.807, 2.05) is 0 Å². The zero-order chi connectivity index (χ0) is 78.9. The molecule has 2 saturated heterocycles. The molecule has 3 aliphatic carbocycles.